The number of nitrogens with zero attached hydrogens (tertiary/aromatic N) is 2. The van der Waals surface area contributed by atoms with Crippen LogP contribution in [0.15, 0.2) is 47.8 Å². The minimum Gasteiger partial charge on any atom is -0.494 e. The second-order valence-corrected chi connectivity index (χ2v) is 9.35. The van der Waals surface area contributed by atoms with Crippen LogP contribution in [0.1, 0.15) is 53.2 Å². The van der Waals surface area contributed by atoms with Crippen LogP contribution in [-0.2, 0) is 17.8 Å². The van der Waals surface area contributed by atoms with Gasteiger partial charge in [0, 0.05) is 23.7 Å². The minimum atomic E-state index is -0.0203. The van der Waals surface area contributed by atoms with Crippen molar-refractivity contribution >= 4 is 22.9 Å². The summed E-state index contributed by atoms with van der Waals surface area (Å²) in [6.45, 7) is 8.60. The van der Waals surface area contributed by atoms with Crippen LogP contribution in [0, 0.1) is 13.8 Å². The Bertz CT molecular complexity index is 1060. The van der Waals surface area contributed by atoms with E-state index in [1.165, 1.54) is 12.0 Å². The van der Waals surface area contributed by atoms with Crippen molar-refractivity contribution in [2.24, 2.45) is 0 Å². The molecule has 3 aromatic rings. The fourth-order valence-corrected chi connectivity index (χ4v) is 5.04. The largest absolute Gasteiger partial charge is 0.494 e. The summed E-state index contributed by atoms with van der Waals surface area (Å²) in [4.78, 5) is 19.8. The summed E-state index contributed by atoms with van der Waals surface area (Å²) in [6.07, 6.45) is 2.65. The van der Waals surface area contributed by atoms with Crippen LogP contribution in [-0.4, -0.2) is 28.9 Å². The number of hydrogen-bond acceptors (Lipinski definition) is 5. The van der Waals surface area contributed by atoms with E-state index in [1.807, 2.05) is 32.9 Å². The zero-order valence-corrected chi connectivity index (χ0v) is 19.9. The van der Waals surface area contributed by atoms with Gasteiger partial charge in [0.05, 0.1) is 18.7 Å². The first-order valence-electron chi connectivity index (χ1n) is 11.3. The van der Waals surface area contributed by atoms with Gasteiger partial charge in [-0.25, -0.2) is 4.98 Å². The smallest absolute Gasteiger partial charge is 0.231 e. The standard InChI is InChI=1S/C26H31N3O2S/c1-4-31-22-11-9-20(10-12-22)24-6-5-13-29(24)16-21-17-32-26(27-21)15-25(30)28-23-14-18(2)7-8-19(23)3/h7-12,14,17,24H,4-6,13,15-16H2,1-3H3,(H,28,30). The van der Waals surface area contributed by atoms with Crippen molar-refractivity contribution in [2.45, 2.75) is 52.6 Å². The first-order chi connectivity index (χ1) is 15.5. The number of aryl methyl sites for hydroxylation is 2. The van der Waals surface area contributed by atoms with Gasteiger partial charge in [-0.3, -0.25) is 9.69 Å². The number of anilines is 1. The third-order valence-electron chi connectivity index (χ3n) is 5.88. The van der Waals surface area contributed by atoms with Gasteiger partial charge in [-0.1, -0.05) is 24.3 Å². The Kier molecular flexibility index (Phi) is 7.22. The van der Waals surface area contributed by atoms with Gasteiger partial charge in [-0.15, -0.1) is 11.3 Å². The lowest BCUT2D eigenvalue weighted by molar-refractivity contribution is -0.115. The van der Waals surface area contributed by atoms with E-state index in [1.54, 1.807) is 11.3 Å². The molecule has 6 heteroatoms. The summed E-state index contributed by atoms with van der Waals surface area (Å²) in [7, 11) is 0. The molecule has 168 valence electrons. The highest BCUT2D eigenvalue weighted by Gasteiger charge is 2.26. The number of ether oxygens (including phenoxy) is 1. The summed E-state index contributed by atoms with van der Waals surface area (Å²) >= 11 is 1.57. The van der Waals surface area contributed by atoms with E-state index in [-0.39, 0.29) is 5.91 Å². The quantitative estimate of drug-likeness (QED) is 0.481. The summed E-state index contributed by atoms with van der Waals surface area (Å²) in [5, 5.41) is 5.98. The van der Waals surface area contributed by atoms with Crippen molar-refractivity contribution in [3.8, 4) is 5.75 Å². The van der Waals surface area contributed by atoms with Crippen LogP contribution < -0.4 is 10.1 Å². The third-order valence-corrected chi connectivity index (χ3v) is 6.78. The van der Waals surface area contributed by atoms with E-state index in [9.17, 15) is 4.79 Å². The molecule has 0 aliphatic carbocycles. The molecule has 1 aliphatic rings. The number of benzene rings is 2. The Morgan fingerprint density at radius 3 is 2.81 bits per heavy atom. The average Bonchev–Trinajstić information content (AvgIpc) is 3.41. The number of likely N-dealkylation sites (tertiary alicyclic amines) is 1. The summed E-state index contributed by atoms with van der Waals surface area (Å²) in [5.74, 6) is 0.900. The van der Waals surface area contributed by atoms with Crippen molar-refractivity contribution in [2.75, 3.05) is 18.5 Å². The van der Waals surface area contributed by atoms with E-state index >= 15 is 0 Å². The number of amides is 1. The molecule has 2 aromatic carbocycles. The molecule has 0 bridgehead atoms. The van der Waals surface area contributed by atoms with E-state index in [2.05, 4.69) is 45.9 Å². The van der Waals surface area contributed by atoms with Gasteiger partial charge in [0.1, 0.15) is 10.8 Å². The number of hydrogen-bond donors (Lipinski definition) is 1. The fourth-order valence-electron chi connectivity index (χ4n) is 4.26. The van der Waals surface area contributed by atoms with Crippen molar-refractivity contribution < 1.29 is 9.53 Å². The number of nitrogens with one attached hydrogen (secondary N) is 1. The average molecular weight is 450 g/mol. The molecule has 1 saturated heterocycles. The number of carbonyl (C=O) groups is 1. The summed E-state index contributed by atoms with van der Waals surface area (Å²) < 4.78 is 5.58. The first-order valence-corrected chi connectivity index (χ1v) is 12.2. The molecule has 1 atom stereocenters. The predicted octanol–water partition coefficient (Wildman–Crippen LogP) is 5.68. The molecule has 1 amide bonds. The molecule has 5 nitrogen and oxygen atoms in total. The lowest BCUT2D eigenvalue weighted by Gasteiger charge is -2.24. The van der Waals surface area contributed by atoms with Crippen LogP contribution >= 0.6 is 11.3 Å². The molecule has 0 spiro atoms. The number of aromatic nitrogens is 1. The minimum absolute atomic E-state index is 0.0203. The zero-order chi connectivity index (χ0) is 22.5. The van der Waals surface area contributed by atoms with Crippen molar-refractivity contribution in [1.29, 1.82) is 0 Å². The van der Waals surface area contributed by atoms with Crippen molar-refractivity contribution in [3.63, 3.8) is 0 Å². The topological polar surface area (TPSA) is 54.5 Å². The van der Waals surface area contributed by atoms with Gasteiger partial charge in [0.15, 0.2) is 0 Å². The Morgan fingerprint density at radius 2 is 2.03 bits per heavy atom. The molecule has 1 N–H and O–H groups in total. The lowest BCUT2D eigenvalue weighted by Crippen LogP contribution is -2.23. The van der Waals surface area contributed by atoms with Gasteiger partial charge in [-0.2, -0.15) is 0 Å². The Morgan fingerprint density at radius 1 is 1.22 bits per heavy atom. The van der Waals surface area contributed by atoms with E-state index in [0.29, 0.717) is 19.1 Å². The van der Waals surface area contributed by atoms with E-state index in [4.69, 9.17) is 9.72 Å². The zero-order valence-electron chi connectivity index (χ0n) is 19.1. The second kappa shape index (κ2) is 10.3. The maximum absolute atomic E-state index is 12.5. The van der Waals surface area contributed by atoms with Gasteiger partial charge in [0.25, 0.3) is 0 Å². The normalized spacial score (nSPS) is 16.3. The predicted molar refractivity (Wildman–Crippen MR) is 130 cm³/mol. The Labute approximate surface area is 194 Å². The molecule has 1 fully saturated rings. The maximum atomic E-state index is 12.5. The van der Waals surface area contributed by atoms with Gasteiger partial charge >= 0.3 is 0 Å². The first kappa shape index (κ1) is 22.5. The van der Waals surface area contributed by atoms with Crippen LogP contribution in [0.4, 0.5) is 5.69 Å². The third kappa shape index (κ3) is 5.56. The van der Waals surface area contributed by atoms with E-state index < -0.39 is 0 Å². The van der Waals surface area contributed by atoms with E-state index in [0.717, 1.165) is 52.8 Å². The Hall–Kier alpha value is -2.70. The van der Waals surface area contributed by atoms with Crippen LogP contribution in [0.3, 0.4) is 0 Å². The molecule has 2 heterocycles. The number of carbonyl (C=O) groups excluding carboxylic acids is 1. The highest BCUT2D eigenvalue weighted by molar-refractivity contribution is 7.09. The molecule has 0 saturated carbocycles. The number of thiazole rings is 1. The van der Waals surface area contributed by atoms with Crippen molar-refractivity contribution in [3.05, 3.63) is 75.2 Å². The fraction of sp³-hybridized carbons (Fsp3) is 0.385. The molecule has 1 unspecified atom stereocenters. The molecular weight excluding hydrogens is 418 g/mol. The highest BCUT2D eigenvalue weighted by atomic mass is 32.1. The van der Waals surface area contributed by atoms with Gasteiger partial charge in [0.2, 0.25) is 5.91 Å². The van der Waals surface area contributed by atoms with Crippen LogP contribution in [0.5, 0.6) is 5.75 Å². The van der Waals surface area contributed by atoms with Crippen molar-refractivity contribution in [1.82, 2.24) is 9.88 Å². The Balaban J connectivity index is 1.36. The SMILES string of the molecule is CCOc1ccc(C2CCCN2Cc2csc(CC(=O)Nc3cc(C)ccc3C)n2)cc1. The molecule has 1 aliphatic heterocycles. The summed E-state index contributed by atoms with van der Waals surface area (Å²) in [6, 6.07) is 15.0. The highest BCUT2D eigenvalue weighted by Crippen LogP contribution is 2.34. The molecule has 32 heavy (non-hydrogen) atoms. The molecule has 1 aromatic heterocycles. The van der Waals surface area contributed by atoms with Gasteiger partial charge in [-0.05, 0) is 75.0 Å². The van der Waals surface area contributed by atoms with Crippen LogP contribution in [0.2, 0.25) is 0 Å². The van der Waals surface area contributed by atoms with Crippen LogP contribution in [0.25, 0.3) is 0 Å². The monoisotopic (exact) mass is 449 g/mol. The lowest BCUT2D eigenvalue weighted by atomic mass is 10.0. The second-order valence-electron chi connectivity index (χ2n) is 8.41. The number of rotatable bonds is 8. The maximum Gasteiger partial charge on any atom is 0.231 e. The molecular formula is C26H31N3O2S. The molecule has 0 radical (unpaired) electrons. The van der Waals surface area contributed by atoms with Gasteiger partial charge < -0.3 is 10.1 Å². The molecule has 4 rings (SSSR count). The summed E-state index contributed by atoms with van der Waals surface area (Å²) in [5.41, 5.74) is 5.45.